The third-order valence-corrected chi connectivity index (χ3v) is 2.77. The molecule has 2 N–H and O–H groups in total. The van der Waals surface area contributed by atoms with Crippen molar-refractivity contribution in [2.24, 2.45) is 0 Å². The number of carboxylic acids is 2. The summed E-state index contributed by atoms with van der Waals surface area (Å²) in [6.45, 7) is 0.810. The number of hydrogen-bond acceptors (Lipinski definition) is 2. The van der Waals surface area contributed by atoms with Crippen molar-refractivity contribution in [3.8, 4) is 0 Å². The molecule has 0 aliphatic heterocycles. The molecule has 1 aromatic carbocycles. The maximum Gasteiger partial charge on any atom is 0.303 e. The van der Waals surface area contributed by atoms with Crippen LogP contribution >= 0.6 is 0 Å². The summed E-state index contributed by atoms with van der Waals surface area (Å²) >= 11 is 0. The van der Waals surface area contributed by atoms with Crippen molar-refractivity contribution in [2.75, 3.05) is 0 Å². The molecule has 0 fully saturated rings. The van der Waals surface area contributed by atoms with Gasteiger partial charge in [0.1, 0.15) is 0 Å². The number of carboxylic acid groups (broad SMARTS) is 2. The molecule has 0 atom stereocenters. The highest BCUT2D eigenvalue weighted by molar-refractivity contribution is 5.72. The number of carbonyl (C=O) groups is 2. The quantitative estimate of drug-likeness (QED) is 0.646. The van der Waals surface area contributed by atoms with Crippen molar-refractivity contribution in [2.45, 2.75) is 25.7 Å². The standard InChI is InChI=1S/C12H10F4O4/c1-4-9(13)11(15)8(12(16)10(4)14)5(2-6(17)18)3-7(19)20/h5H,2-3H2,1H3,(H,17,18)(H,19,20). The number of rotatable bonds is 5. The molecule has 0 aliphatic rings. The van der Waals surface area contributed by atoms with Crippen LogP contribution in [0.3, 0.4) is 0 Å². The van der Waals surface area contributed by atoms with Crippen LogP contribution in [0.2, 0.25) is 0 Å². The van der Waals surface area contributed by atoms with Gasteiger partial charge in [-0.25, -0.2) is 17.6 Å². The summed E-state index contributed by atoms with van der Waals surface area (Å²) in [6, 6.07) is 0. The van der Waals surface area contributed by atoms with Gasteiger partial charge in [0, 0.05) is 17.0 Å². The summed E-state index contributed by atoms with van der Waals surface area (Å²) in [7, 11) is 0. The van der Waals surface area contributed by atoms with Gasteiger partial charge in [-0.15, -0.1) is 0 Å². The molecule has 0 radical (unpaired) electrons. The smallest absolute Gasteiger partial charge is 0.303 e. The Morgan fingerprint density at radius 3 is 1.55 bits per heavy atom. The molecule has 4 nitrogen and oxygen atoms in total. The SMILES string of the molecule is Cc1c(F)c(F)c(C(CC(=O)O)CC(=O)O)c(F)c1F. The van der Waals surface area contributed by atoms with Gasteiger partial charge in [-0.3, -0.25) is 9.59 Å². The van der Waals surface area contributed by atoms with Gasteiger partial charge < -0.3 is 10.2 Å². The molecule has 0 unspecified atom stereocenters. The van der Waals surface area contributed by atoms with Crippen LogP contribution < -0.4 is 0 Å². The van der Waals surface area contributed by atoms with Gasteiger partial charge in [-0.05, 0) is 6.92 Å². The van der Waals surface area contributed by atoms with Crippen LogP contribution in [0.5, 0.6) is 0 Å². The Kier molecular flexibility index (Phi) is 4.69. The molecule has 110 valence electrons. The Bertz CT molecular complexity index is 526. The molecule has 0 amide bonds. The summed E-state index contributed by atoms with van der Waals surface area (Å²) in [4.78, 5) is 21.2. The zero-order valence-electron chi connectivity index (χ0n) is 10.2. The lowest BCUT2D eigenvalue weighted by molar-refractivity contribution is -0.139. The Morgan fingerprint density at radius 2 is 1.25 bits per heavy atom. The predicted octanol–water partition coefficient (Wildman–Crippen LogP) is 2.58. The molecule has 0 saturated carbocycles. The Morgan fingerprint density at radius 1 is 0.900 bits per heavy atom. The molecule has 0 aromatic heterocycles. The molecule has 20 heavy (non-hydrogen) atoms. The van der Waals surface area contributed by atoms with Crippen LogP contribution in [0.4, 0.5) is 17.6 Å². The van der Waals surface area contributed by atoms with Gasteiger partial charge in [0.05, 0.1) is 12.8 Å². The Hall–Kier alpha value is -2.12. The van der Waals surface area contributed by atoms with E-state index in [0.717, 1.165) is 6.92 Å². The molecule has 0 aliphatic carbocycles. The van der Waals surface area contributed by atoms with Crippen LogP contribution in [0.25, 0.3) is 0 Å². The fraction of sp³-hybridized carbons (Fsp3) is 0.333. The van der Waals surface area contributed by atoms with E-state index in [0.29, 0.717) is 0 Å². The normalized spacial score (nSPS) is 10.9. The van der Waals surface area contributed by atoms with Gasteiger partial charge in [0.25, 0.3) is 0 Å². The zero-order valence-corrected chi connectivity index (χ0v) is 10.2. The molecule has 0 bridgehead atoms. The minimum atomic E-state index is -1.77. The van der Waals surface area contributed by atoms with Crippen molar-refractivity contribution >= 4 is 11.9 Å². The second-order valence-electron chi connectivity index (χ2n) is 4.19. The first kappa shape index (κ1) is 15.9. The number of hydrogen-bond donors (Lipinski definition) is 2. The summed E-state index contributed by atoms with van der Waals surface area (Å²) in [5.41, 5.74) is -2.09. The van der Waals surface area contributed by atoms with E-state index in [-0.39, 0.29) is 0 Å². The predicted molar refractivity (Wildman–Crippen MR) is 58.3 cm³/mol. The fourth-order valence-corrected chi connectivity index (χ4v) is 1.81. The molecule has 1 aromatic rings. The summed E-state index contributed by atoms with van der Waals surface area (Å²) < 4.78 is 54.2. The maximum atomic E-state index is 13.7. The minimum absolute atomic E-state index is 0.810. The van der Waals surface area contributed by atoms with Crippen LogP contribution in [0.15, 0.2) is 0 Å². The van der Waals surface area contributed by atoms with Gasteiger partial charge in [0.15, 0.2) is 23.3 Å². The molecular formula is C12H10F4O4. The number of halogens is 4. The van der Waals surface area contributed by atoms with E-state index in [1.165, 1.54) is 0 Å². The summed E-state index contributed by atoms with van der Waals surface area (Å²) in [5, 5.41) is 17.2. The Labute approximate surface area is 110 Å². The van der Waals surface area contributed by atoms with Crippen molar-refractivity contribution in [3.63, 3.8) is 0 Å². The van der Waals surface area contributed by atoms with E-state index >= 15 is 0 Å². The molecule has 0 heterocycles. The number of aliphatic carboxylic acids is 2. The topological polar surface area (TPSA) is 74.6 Å². The lowest BCUT2D eigenvalue weighted by atomic mass is 9.90. The summed E-state index contributed by atoms with van der Waals surface area (Å²) in [5.74, 6) is -11.7. The number of benzene rings is 1. The highest BCUT2D eigenvalue weighted by Crippen LogP contribution is 2.33. The monoisotopic (exact) mass is 294 g/mol. The molecule has 0 spiro atoms. The minimum Gasteiger partial charge on any atom is -0.481 e. The van der Waals surface area contributed by atoms with Gasteiger partial charge in [-0.1, -0.05) is 0 Å². The molecular weight excluding hydrogens is 284 g/mol. The average Bonchev–Trinajstić information content (AvgIpc) is 2.32. The van der Waals surface area contributed by atoms with Crippen LogP contribution in [0, 0.1) is 30.2 Å². The third-order valence-electron chi connectivity index (χ3n) is 2.77. The first-order valence-electron chi connectivity index (χ1n) is 5.42. The fourth-order valence-electron chi connectivity index (χ4n) is 1.81. The van der Waals surface area contributed by atoms with Crippen molar-refractivity contribution in [1.82, 2.24) is 0 Å². The van der Waals surface area contributed by atoms with Gasteiger partial charge >= 0.3 is 11.9 Å². The van der Waals surface area contributed by atoms with E-state index < -0.39 is 65.1 Å². The van der Waals surface area contributed by atoms with Gasteiger partial charge in [-0.2, -0.15) is 0 Å². The highest BCUT2D eigenvalue weighted by atomic mass is 19.2. The third kappa shape index (κ3) is 3.06. The largest absolute Gasteiger partial charge is 0.481 e. The lowest BCUT2D eigenvalue weighted by Gasteiger charge is -2.17. The van der Waals surface area contributed by atoms with Gasteiger partial charge in [0.2, 0.25) is 0 Å². The van der Waals surface area contributed by atoms with Crippen molar-refractivity contribution in [3.05, 3.63) is 34.4 Å². The molecule has 1 rings (SSSR count). The second-order valence-corrected chi connectivity index (χ2v) is 4.19. The average molecular weight is 294 g/mol. The summed E-state index contributed by atoms with van der Waals surface area (Å²) in [6.07, 6.45) is -1.94. The van der Waals surface area contributed by atoms with Crippen LogP contribution in [-0.2, 0) is 9.59 Å². The first-order valence-corrected chi connectivity index (χ1v) is 5.42. The van der Waals surface area contributed by atoms with E-state index in [2.05, 4.69) is 0 Å². The second kappa shape index (κ2) is 5.89. The van der Waals surface area contributed by atoms with Crippen molar-refractivity contribution < 1.29 is 37.4 Å². The maximum absolute atomic E-state index is 13.7. The lowest BCUT2D eigenvalue weighted by Crippen LogP contribution is -2.17. The highest BCUT2D eigenvalue weighted by Gasteiger charge is 2.31. The van der Waals surface area contributed by atoms with E-state index in [9.17, 15) is 27.2 Å². The van der Waals surface area contributed by atoms with Crippen LogP contribution in [-0.4, -0.2) is 22.2 Å². The van der Waals surface area contributed by atoms with E-state index in [1.807, 2.05) is 0 Å². The molecule has 8 heteroatoms. The van der Waals surface area contributed by atoms with Crippen LogP contribution in [0.1, 0.15) is 29.9 Å². The first-order chi connectivity index (χ1) is 9.16. The molecule has 0 saturated heterocycles. The van der Waals surface area contributed by atoms with E-state index in [1.54, 1.807) is 0 Å². The van der Waals surface area contributed by atoms with Crippen molar-refractivity contribution in [1.29, 1.82) is 0 Å². The zero-order chi connectivity index (χ0) is 15.6. The Balaban J connectivity index is 3.46. The van der Waals surface area contributed by atoms with E-state index in [4.69, 9.17) is 10.2 Å².